The van der Waals surface area contributed by atoms with Gasteiger partial charge in [0.1, 0.15) is 18.8 Å². The lowest BCUT2D eigenvalue weighted by atomic mass is 9.84. The number of rotatable bonds is 7. The zero-order valence-corrected chi connectivity index (χ0v) is 20.6. The van der Waals surface area contributed by atoms with E-state index in [1.807, 2.05) is 6.92 Å². The average Bonchev–Trinajstić information content (AvgIpc) is 3.45. The largest absolute Gasteiger partial charge is 0.493 e. The first-order chi connectivity index (χ1) is 16.8. The molecule has 4 rings (SSSR count). The molecule has 0 unspecified atom stereocenters. The normalized spacial score (nSPS) is 29.4. The lowest BCUT2D eigenvalue weighted by Gasteiger charge is -2.20. The Bertz CT molecular complexity index is 1050. The molecule has 0 bridgehead atoms. The summed E-state index contributed by atoms with van der Waals surface area (Å²) in [7, 11) is 4.60. The van der Waals surface area contributed by atoms with Crippen molar-refractivity contribution in [2.24, 2.45) is 5.92 Å². The number of ether oxygens (including phenoxy) is 6. The maximum absolute atomic E-state index is 12.4. The molecule has 2 aliphatic heterocycles. The number of hydrogen-bond acceptors (Lipinski definition) is 8. The Labute approximate surface area is 205 Å². The predicted molar refractivity (Wildman–Crippen MR) is 128 cm³/mol. The Morgan fingerprint density at radius 1 is 1.20 bits per heavy atom. The molecule has 188 valence electrons. The second-order valence-corrected chi connectivity index (χ2v) is 9.19. The number of carbonyl (C=O) groups is 2. The highest BCUT2D eigenvalue weighted by Crippen LogP contribution is 2.49. The molecule has 1 aromatic carbocycles. The number of esters is 2. The van der Waals surface area contributed by atoms with Crippen LogP contribution in [0.15, 0.2) is 42.0 Å². The van der Waals surface area contributed by atoms with Gasteiger partial charge in [-0.3, -0.25) is 0 Å². The van der Waals surface area contributed by atoms with E-state index in [1.165, 1.54) is 27.4 Å². The van der Waals surface area contributed by atoms with Crippen molar-refractivity contribution in [2.75, 3.05) is 27.9 Å². The van der Waals surface area contributed by atoms with Gasteiger partial charge in [0, 0.05) is 17.6 Å². The first-order valence-corrected chi connectivity index (χ1v) is 11.7. The standard InChI is InChI=1S/C27H32O8/c1-16-19-10-8-17(7-6-12-27(2)25(35-27)23(19)34-26(16)29)15-33-22(28)11-9-18-13-20(30-3)24(32-5)21(14-18)31-4/h7,9,11,13-14,19,23,25H,1,6,8,10,12,15H2,2-5H3/b11-9+,17-7+/t19-,23-,25-,27+/m0/s1. The number of hydrogen-bond donors (Lipinski definition) is 0. The third-order valence-electron chi connectivity index (χ3n) is 6.94. The molecular weight excluding hydrogens is 452 g/mol. The molecule has 8 heteroatoms. The van der Waals surface area contributed by atoms with Crippen LogP contribution in [0.1, 0.15) is 38.2 Å². The van der Waals surface area contributed by atoms with E-state index in [2.05, 4.69) is 12.7 Å². The van der Waals surface area contributed by atoms with Crippen molar-refractivity contribution in [3.05, 3.63) is 47.6 Å². The van der Waals surface area contributed by atoms with E-state index in [4.69, 9.17) is 28.4 Å². The molecule has 2 fully saturated rings. The Hall–Kier alpha value is -3.26. The van der Waals surface area contributed by atoms with E-state index in [1.54, 1.807) is 18.2 Å². The Balaban J connectivity index is 1.39. The van der Waals surface area contributed by atoms with Crippen LogP contribution >= 0.6 is 0 Å². The van der Waals surface area contributed by atoms with Crippen molar-refractivity contribution in [2.45, 2.75) is 50.4 Å². The van der Waals surface area contributed by atoms with Crippen LogP contribution in [0.4, 0.5) is 0 Å². The quantitative estimate of drug-likeness (QED) is 0.248. The monoisotopic (exact) mass is 484 g/mol. The highest BCUT2D eigenvalue weighted by Gasteiger charge is 2.61. The van der Waals surface area contributed by atoms with Crippen LogP contribution in [0.3, 0.4) is 0 Å². The molecule has 1 aromatic rings. The van der Waals surface area contributed by atoms with Gasteiger partial charge < -0.3 is 28.4 Å². The van der Waals surface area contributed by atoms with Gasteiger partial charge in [0.15, 0.2) is 11.5 Å². The SMILES string of the molecule is C=C1C(=O)O[C@H]2[C@H]1CC/C(COC(=O)/C=C/c1cc(OC)c(OC)c(OC)c1)=C\CC[C@@]1(C)O[C@@H]21. The van der Waals surface area contributed by atoms with E-state index in [0.29, 0.717) is 41.2 Å². The number of benzene rings is 1. The molecule has 0 amide bonds. The van der Waals surface area contributed by atoms with Gasteiger partial charge in [-0.15, -0.1) is 0 Å². The molecule has 35 heavy (non-hydrogen) atoms. The van der Waals surface area contributed by atoms with Crippen molar-refractivity contribution >= 4 is 18.0 Å². The van der Waals surface area contributed by atoms with Gasteiger partial charge in [0.2, 0.25) is 5.75 Å². The number of fused-ring (bicyclic) bond motifs is 3. The van der Waals surface area contributed by atoms with Crippen molar-refractivity contribution in [1.82, 2.24) is 0 Å². The highest BCUT2D eigenvalue weighted by atomic mass is 16.6. The fourth-order valence-electron chi connectivity index (χ4n) is 4.82. The lowest BCUT2D eigenvalue weighted by Crippen LogP contribution is -2.29. The molecule has 0 aromatic heterocycles. The van der Waals surface area contributed by atoms with E-state index < -0.39 is 5.97 Å². The van der Waals surface area contributed by atoms with Gasteiger partial charge in [-0.2, -0.15) is 0 Å². The Kier molecular flexibility index (Phi) is 7.21. The molecule has 4 atom stereocenters. The van der Waals surface area contributed by atoms with Crippen LogP contribution in [-0.4, -0.2) is 57.7 Å². The van der Waals surface area contributed by atoms with Gasteiger partial charge >= 0.3 is 11.9 Å². The van der Waals surface area contributed by atoms with E-state index in [-0.39, 0.29) is 36.3 Å². The zero-order chi connectivity index (χ0) is 25.2. The molecule has 1 aliphatic carbocycles. The smallest absolute Gasteiger partial charge is 0.334 e. The summed E-state index contributed by atoms with van der Waals surface area (Å²) in [6, 6.07) is 3.49. The van der Waals surface area contributed by atoms with Crippen LogP contribution in [0.25, 0.3) is 6.08 Å². The lowest BCUT2D eigenvalue weighted by molar-refractivity contribution is -0.140. The summed E-state index contributed by atoms with van der Waals surface area (Å²) in [6.45, 7) is 6.17. The third-order valence-corrected chi connectivity index (χ3v) is 6.94. The van der Waals surface area contributed by atoms with Crippen molar-refractivity contribution in [1.29, 1.82) is 0 Å². The Morgan fingerprint density at radius 2 is 1.91 bits per heavy atom. The van der Waals surface area contributed by atoms with Crippen molar-refractivity contribution < 1.29 is 38.0 Å². The summed E-state index contributed by atoms with van der Waals surface area (Å²) in [6.07, 6.45) is 7.73. The van der Waals surface area contributed by atoms with Gasteiger partial charge in [-0.05, 0) is 62.0 Å². The van der Waals surface area contributed by atoms with Crippen LogP contribution < -0.4 is 14.2 Å². The maximum Gasteiger partial charge on any atom is 0.334 e. The van der Waals surface area contributed by atoms with Crippen LogP contribution in [0.5, 0.6) is 17.2 Å². The second kappa shape index (κ2) is 10.2. The van der Waals surface area contributed by atoms with Gasteiger partial charge in [-0.25, -0.2) is 9.59 Å². The molecule has 0 radical (unpaired) electrons. The minimum atomic E-state index is -0.462. The number of epoxide rings is 1. The van der Waals surface area contributed by atoms with Crippen molar-refractivity contribution in [3.63, 3.8) is 0 Å². The molecule has 0 saturated carbocycles. The van der Waals surface area contributed by atoms with Crippen LogP contribution in [0, 0.1) is 5.92 Å². The minimum absolute atomic E-state index is 0.0798. The van der Waals surface area contributed by atoms with Crippen LogP contribution in [0.2, 0.25) is 0 Å². The number of methoxy groups -OCH3 is 3. The van der Waals surface area contributed by atoms with Gasteiger partial charge in [-0.1, -0.05) is 12.7 Å². The Morgan fingerprint density at radius 3 is 2.57 bits per heavy atom. The van der Waals surface area contributed by atoms with Gasteiger partial charge in [0.05, 0.1) is 26.9 Å². The first-order valence-electron chi connectivity index (χ1n) is 11.7. The summed E-state index contributed by atoms with van der Waals surface area (Å²) >= 11 is 0. The summed E-state index contributed by atoms with van der Waals surface area (Å²) < 4.78 is 33.1. The average molecular weight is 485 g/mol. The topological polar surface area (TPSA) is 92.8 Å². The number of carbonyl (C=O) groups excluding carboxylic acids is 2. The molecule has 3 aliphatic rings. The first kappa shape index (κ1) is 24.9. The summed E-state index contributed by atoms with van der Waals surface area (Å²) in [5.74, 6) is 0.579. The zero-order valence-electron chi connectivity index (χ0n) is 20.6. The molecule has 0 N–H and O–H groups in total. The minimum Gasteiger partial charge on any atom is -0.493 e. The molecular formula is C27H32O8. The van der Waals surface area contributed by atoms with E-state index in [0.717, 1.165) is 18.4 Å². The summed E-state index contributed by atoms with van der Waals surface area (Å²) in [5, 5.41) is 0. The van der Waals surface area contributed by atoms with E-state index in [9.17, 15) is 9.59 Å². The molecule has 2 heterocycles. The second-order valence-electron chi connectivity index (χ2n) is 9.19. The predicted octanol–water partition coefficient (Wildman–Crippen LogP) is 4.02. The molecule has 0 spiro atoms. The maximum atomic E-state index is 12.4. The molecule has 8 nitrogen and oxygen atoms in total. The van der Waals surface area contributed by atoms with Crippen molar-refractivity contribution in [3.8, 4) is 17.2 Å². The third kappa shape index (κ3) is 5.22. The van der Waals surface area contributed by atoms with Gasteiger partial charge in [0.25, 0.3) is 0 Å². The fourth-order valence-corrected chi connectivity index (χ4v) is 4.82. The van der Waals surface area contributed by atoms with E-state index >= 15 is 0 Å². The summed E-state index contributed by atoms with van der Waals surface area (Å²) in [4.78, 5) is 24.5. The summed E-state index contributed by atoms with van der Waals surface area (Å²) in [5.41, 5.74) is 1.91. The van der Waals surface area contributed by atoms with Crippen LogP contribution in [-0.2, 0) is 23.8 Å². The fraction of sp³-hybridized carbons (Fsp3) is 0.481. The highest BCUT2D eigenvalue weighted by molar-refractivity contribution is 5.91. The number of allylic oxidation sites excluding steroid dienone is 1. The molecule has 2 saturated heterocycles.